The van der Waals surface area contributed by atoms with Crippen molar-refractivity contribution in [1.82, 2.24) is 9.13 Å². The highest BCUT2D eigenvalue weighted by Crippen LogP contribution is 2.38. The topological polar surface area (TPSA) is 24.9 Å². The van der Waals surface area contributed by atoms with E-state index in [1.807, 2.05) is 12.4 Å². The molecule has 2 aliphatic rings. The minimum Gasteiger partial charge on any atom is -0.486 e. The largest absolute Gasteiger partial charge is 0.723 e. The van der Waals surface area contributed by atoms with Crippen LogP contribution in [0, 0.1) is 0 Å². The summed E-state index contributed by atoms with van der Waals surface area (Å²) in [6.45, 7) is 13.0. The second kappa shape index (κ2) is 3.45. The Morgan fingerprint density at radius 1 is 0.765 bits per heavy atom. The fourth-order valence-corrected chi connectivity index (χ4v) is 5.63. The zero-order valence-corrected chi connectivity index (χ0v) is 12.5. The van der Waals surface area contributed by atoms with Crippen molar-refractivity contribution in [3.05, 3.63) is 24.9 Å². The van der Waals surface area contributed by atoms with Crippen LogP contribution in [0.3, 0.4) is 0 Å². The van der Waals surface area contributed by atoms with Crippen molar-refractivity contribution >= 4 is 8.88 Å². The van der Waals surface area contributed by atoms with Gasteiger partial charge in [0, 0.05) is 23.5 Å². The van der Waals surface area contributed by atoms with Gasteiger partial charge in [-0.3, -0.25) is 0 Å². The molecule has 0 saturated heterocycles. The maximum Gasteiger partial charge on any atom is 0.723 e. The summed E-state index contributed by atoms with van der Waals surface area (Å²) in [5.74, 6) is 0. The van der Waals surface area contributed by atoms with Crippen LogP contribution in [0.1, 0.15) is 41.5 Å². The molecule has 0 aromatic heterocycles. The second-order valence-electron chi connectivity index (χ2n) is 6.44. The first-order chi connectivity index (χ1) is 7.68. The lowest BCUT2D eigenvalue weighted by Crippen LogP contribution is -2.69. The third-order valence-corrected chi connectivity index (χ3v) is 6.66. The molecule has 0 radical (unpaired) electrons. The summed E-state index contributed by atoms with van der Waals surface area (Å²) >= 11 is 0. The predicted molar refractivity (Wildman–Crippen MR) is 69.4 cm³/mol. The molecule has 0 unspecified atom stereocenters. The van der Waals surface area contributed by atoms with Crippen molar-refractivity contribution in [2.75, 3.05) is 0 Å². The van der Waals surface area contributed by atoms with E-state index in [1.54, 1.807) is 12.5 Å². The van der Waals surface area contributed by atoms with Crippen LogP contribution in [0.25, 0.3) is 0 Å². The number of hydrogen-bond donors (Lipinski definition) is 0. The molecular weight excluding hydrogens is 232 g/mol. The Morgan fingerprint density at radius 2 is 1.12 bits per heavy atom. The summed E-state index contributed by atoms with van der Waals surface area (Å²) in [4.78, 5) is 0. The van der Waals surface area contributed by atoms with E-state index in [4.69, 9.17) is 8.85 Å². The summed E-state index contributed by atoms with van der Waals surface area (Å²) in [6, 6.07) is 0. The van der Waals surface area contributed by atoms with Gasteiger partial charge in [0.15, 0.2) is 0 Å². The van der Waals surface area contributed by atoms with Gasteiger partial charge in [0.1, 0.15) is 0 Å². The maximum atomic E-state index is 5.91. The number of nitrogens with zero attached hydrogens (tertiary/aromatic N) is 2. The van der Waals surface area contributed by atoms with Gasteiger partial charge in [-0.2, -0.15) is 0 Å². The van der Waals surface area contributed by atoms with Crippen molar-refractivity contribution < 1.29 is 8.85 Å². The quantitative estimate of drug-likeness (QED) is 0.620. The highest BCUT2D eigenvalue weighted by Gasteiger charge is 2.64. The van der Waals surface area contributed by atoms with Gasteiger partial charge in [-0.1, -0.05) is 0 Å². The molecule has 96 valence electrons. The number of hydrogen-bond acceptors (Lipinski definition) is 4. The van der Waals surface area contributed by atoms with E-state index >= 15 is 0 Å². The average molecular weight is 254 g/mol. The van der Waals surface area contributed by atoms with E-state index in [2.05, 4.69) is 50.7 Å². The first-order valence-corrected chi connectivity index (χ1v) is 7.67. The van der Waals surface area contributed by atoms with Crippen LogP contribution in [0.5, 0.6) is 0 Å². The summed E-state index contributed by atoms with van der Waals surface area (Å²) in [6.07, 6.45) is 7.50. The molecule has 0 N–H and O–H groups in total. The zero-order valence-electron chi connectivity index (χ0n) is 11.5. The molecule has 2 heterocycles. The molecule has 0 aromatic rings. The Morgan fingerprint density at radius 3 is 1.41 bits per heavy atom. The summed E-state index contributed by atoms with van der Waals surface area (Å²) < 4.78 is 16.3. The predicted octanol–water partition coefficient (Wildman–Crippen LogP) is 2.63. The number of rotatable bonds is 0. The normalized spacial score (nSPS) is 22.2. The van der Waals surface area contributed by atoms with Crippen molar-refractivity contribution in [3.8, 4) is 0 Å². The first kappa shape index (κ1) is 12.4. The Kier molecular flexibility index (Phi) is 2.50. The summed E-state index contributed by atoms with van der Waals surface area (Å²) in [7, 11) is -2.55. The summed E-state index contributed by atoms with van der Waals surface area (Å²) in [5, 5.41) is 0. The second-order valence-corrected chi connectivity index (χ2v) is 8.97. The highest BCUT2D eigenvalue weighted by atomic mass is 28.4. The van der Waals surface area contributed by atoms with Crippen LogP contribution in [-0.4, -0.2) is 29.1 Å². The fourth-order valence-electron chi connectivity index (χ4n) is 2.21. The Balaban J connectivity index is 2.37. The van der Waals surface area contributed by atoms with Gasteiger partial charge in [0.2, 0.25) is 0 Å². The van der Waals surface area contributed by atoms with Gasteiger partial charge in [-0.15, -0.1) is 0 Å². The van der Waals surface area contributed by atoms with Crippen molar-refractivity contribution in [3.63, 3.8) is 0 Å². The highest BCUT2D eigenvalue weighted by molar-refractivity contribution is 6.64. The molecule has 0 amide bonds. The Bertz CT molecular complexity index is 330. The van der Waals surface area contributed by atoms with Gasteiger partial charge < -0.3 is 18.0 Å². The molecule has 2 aliphatic heterocycles. The van der Waals surface area contributed by atoms with Crippen LogP contribution in [0.2, 0.25) is 0 Å². The van der Waals surface area contributed by atoms with Gasteiger partial charge in [0.25, 0.3) is 0 Å². The molecule has 0 atom stereocenters. The van der Waals surface area contributed by atoms with E-state index in [0.717, 1.165) is 0 Å². The van der Waals surface area contributed by atoms with Crippen molar-refractivity contribution in [1.29, 1.82) is 0 Å². The third-order valence-electron chi connectivity index (χ3n) is 2.92. The molecule has 2 rings (SSSR count). The Labute approximate surface area is 105 Å². The smallest absolute Gasteiger partial charge is 0.486 e. The van der Waals surface area contributed by atoms with E-state index in [1.165, 1.54) is 0 Å². The molecule has 0 saturated carbocycles. The molecule has 5 heteroatoms. The fraction of sp³-hybridized carbons (Fsp3) is 0.667. The monoisotopic (exact) mass is 254 g/mol. The van der Waals surface area contributed by atoms with Crippen LogP contribution >= 0.6 is 0 Å². The van der Waals surface area contributed by atoms with Crippen LogP contribution in [-0.2, 0) is 8.85 Å². The Hall–Kier alpha value is -1.10. The van der Waals surface area contributed by atoms with Gasteiger partial charge in [-0.25, -0.2) is 0 Å². The molecule has 17 heavy (non-hydrogen) atoms. The molecular formula is C12H22N2O2Si. The SMILES string of the molecule is CC(C)(C)N1C=CO[Si]12OC=CN2C(C)(C)C. The third kappa shape index (κ3) is 1.82. The molecule has 0 bridgehead atoms. The van der Waals surface area contributed by atoms with Crippen LogP contribution in [0.15, 0.2) is 24.9 Å². The molecule has 1 spiro atoms. The van der Waals surface area contributed by atoms with Crippen molar-refractivity contribution in [2.24, 2.45) is 0 Å². The standard InChI is InChI=1S/C12H22N2O2Si/c1-11(2,3)13-7-9-15-17(13)14(8-10-16-17)12(4,5)6/h7-10H,1-6H3. The van der Waals surface area contributed by atoms with E-state index in [0.29, 0.717) is 0 Å². The van der Waals surface area contributed by atoms with Crippen LogP contribution in [0.4, 0.5) is 0 Å². The van der Waals surface area contributed by atoms with Gasteiger partial charge in [0.05, 0.1) is 12.5 Å². The van der Waals surface area contributed by atoms with E-state index in [-0.39, 0.29) is 11.1 Å². The van der Waals surface area contributed by atoms with Gasteiger partial charge >= 0.3 is 8.88 Å². The van der Waals surface area contributed by atoms with E-state index < -0.39 is 8.88 Å². The lowest BCUT2D eigenvalue weighted by atomic mass is 10.1. The molecule has 0 fully saturated rings. The lowest BCUT2D eigenvalue weighted by Gasteiger charge is -2.46. The minimum atomic E-state index is -2.55. The average Bonchev–Trinajstić information content (AvgIpc) is 2.71. The van der Waals surface area contributed by atoms with Crippen molar-refractivity contribution in [2.45, 2.75) is 52.6 Å². The van der Waals surface area contributed by atoms with E-state index in [9.17, 15) is 0 Å². The molecule has 4 nitrogen and oxygen atoms in total. The summed E-state index contributed by atoms with van der Waals surface area (Å²) in [5.41, 5.74) is -0.0382. The van der Waals surface area contributed by atoms with Crippen LogP contribution < -0.4 is 0 Å². The maximum absolute atomic E-state index is 5.91. The zero-order chi connectivity index (χ0) is 12.9. The molecule has 0 aliphatic carbocycles. The minimum absolute atomic E-state index is 0.0191. The van der Waals surface area contributed by atoms with Gasteiger partial charge in [-0.05, 0) is 41.5 Å². The first-order valence-electron chi connectivity index (χ1n) is 5.96. The lowest BCUT2D eigenvalue weighted by molar-refractivity contribution is 0.134. The molecule has 0 aromatic carbocycles.